The lowest BCUT2D eigenvalue weighted by molar-refractivity contribution is -0.128. The molecule has 0 spiro atoms. The summed E-state index contributed by atoms with van der Waals surface area (Å²) in [5, 5.41) is 4.21. The molecule has 0 bridgehead atoms. The predicted molar refractivity (Wildman–Crippen MR) is 60.7 cm³/mol. The maximum absolute atomic E-state index is 11.8. The molecule has 2 atom stereocenters. The van der Waals surface area contributed by atoms with Gasteiger partial charge in [0.1, 0.15) is 0 Å². The molecule has 0 aromatic carbocycles. The average molecular weight is 222 g/mol. The van der Waals surface area contributed by atoms with Crippen LogP contribution in [0.25, 0.3) is 0 Å². The smallest absolute Gasteiger partial charge is 0.224 e. The van der Waals surface area contributed by atoms with E-state index in [0.29, 0.717) is 13.0 Å². The number of amides is 1. The lowest BCUT2D eigenvalue weighted by atomic mass is 10.0. The lowest BCUT2D eigenvalue weighted by Gasteiger charge is -2.26. The molecule has 0 aliphatic carbocycles. The van der Waals surface area contributed by atoms with E-state index in [9.17, 15) is 4.79 Å². The van der Waals surface area contributed by atoms with Crippen molar-refractivity contribution in [1.29, 1.82) is 0 Å². The first-order valence-electron chi connectivity index (χ1n) is 5.59. The number of likely N-dealkylation sites (N-methyl/N-ethyl adjacent to an activating group) is 1. The van der Waals surface area contributed by atoms with Crippen LogP contribution in [-0.2, 0) is 11.8 Å². The Labute approximate surface area is 95.2 Å². The topological polar surface area (TPSA) is 64.2 Å². The molecule has 0 saturated carbocycles. The summed E-state index contributed by atoms with van der Waals surface area (Å²) in [4.78, 5) is 13.6. The fraction of sp³-hybridized carbons (Fsp3) is 0.636. The Morgan fingerprint density at radius 1 is 1.62 bits per heavy atom. The standard InChI is InChI=1S/C11H18N4O/c1-4-15-9(16)5-8(12)11(15)10-7(2)6-13-14(10)3/h6,8,11H,4-5,12H2,1-3H3/t8-,11-/m0/s1. The van der Waals surface area contributed by atoms with Crippen molar-refractivity contribution >= 4 is 5.91 Å². The van der Waals surface area contributed by atoms with E-state index in [4.69, 9.17) is 5.73 Å². The third-order valence-corrected chi connectivity index (χ3v) is 3.27. The quantitative estimate of drug-likeness (QED) is 0.785. The Bertz CT molecular complexity index is 393. The van der Waals surface area contributed by atoms with Crippen LogP contribution in [0.4, 0.5) is 0 Å². The molecule has 2 rings (SSSR count). The van der Waals surface area contributed by atoms with Gasteiger partial charge in [0.25, 0.3) is 0 Å². The van der Waals surface area contributed by atoms with Gasteiger partial charge >= 0.3 is 0 Å². The molecule has 1 amide bonds. The van der Waals surface area contributed by atoms with Gasteiger partial charge in [0.2, 0.25) is 5.91 Å². The number of nitrogens with two attached hydrogens (primary N) is 1. The van der Waals surface area contributed by atoms with Crippen LogP contribution in [0.3, 0.4) is 0 Å². The second-order valence-electron chi connectivity index (χ2n) is 4.33. The van der Waals surface area contributed by atoms with E-state index >= 15 is 0 Å². The number of hydrogen-bond donors (Lipinski definition) is 1. The van der Waals surface area contributed by atoms with Crippen molar-refractivity contribution in [2.24, 2.45) is 12.8 Å². The average Bonchev–Trinajstić information content (AvgIpc) is 2.68. The molecule has 5 nitrogen and oxygen atoms in total. The molecule has 88 valence electrons. The molecule has 0 radical (unpaired) electrons. The van der Waals surface area contributed by atoms with Gasteiger partial charge in [-0.05, 0) is 19.4 Å². The first kappa shape index (κ1) is 11.1. The summed E-state index contributed by atoms with van der Waals surface area (Å²) < 4.78 is 1.82. The van der Waals surface area contributed by atoms with Crippen molar-refractivity contribution < 1.29 is 4.79 Å². The van der Waals surface area contributed by atoms with Gasteiger partial charge in [-0.3, -0.25) is 9.48 Å². The molecule has 1 aromatic rings. The SMILES string of the molecule is CCN1C(=O)C[C@H](N)[C@H]1c1c(C)cnn1C. The molecule has 2 N–H and O–H groups in total. The number of rotatable bonds is 2. The number of nitrogens with zero attached hydrogens (tertiary/aromatic N) is 3. The zero-order valence-corrected chi connectivity index (χ0v) is 9.97. The molecule has 1 saturated heterocycles. The lowest BCUT2D eigenvalue weighted by Crippen LogP contribution is -2.34. The van der Waals surface area contributed by atoms with E-state index in [-0.39, 0.29) is 18.0 Å². The van der Waals surface area contributed by atoms with Gasteiger partial charge in [0.05, 0.1) is 17.9 Å². The normalized spacial score (nSPS) is 25.5. The molecule has 1 aliphatic rings. The maximum atomic E-state index is 11.8. The molecule has 16 heavy (non-hydrogen) atoms. The van der Waals surface area contributed by atoms with Gasteiger partial charge in [-0.25, -0.2) is 0 Å². The largest absolute Gasteiger partial charge is 0.333 e. The van der Waals surface area contributed by atoms with Crippen molar-refractivity contribution in [1.82, 2.24) is 14.7 Å². The van der Waals surface area contributed by atoms with Gasteiger partial charge in [-0.2, -0.15) is 5.10 Å². The van der Waals surface area contributed by atoms with Gasteiger partial charge in [-0.15, -0.1) is 0 Å². The van der Waals surface area contributed by atoms with Gasteiger partial charge in [-0.1, -0.05) is 0 Å². The monoisotopic (exact) mass is 222 g/mol. The minimum atomic E-state index is -0.124. The summed E-state index contributed by atoms with van der Waals surface area (Å²) in [7, 11) is 1.89. The molecule has 1 fully saturated rings. The first-order chi connectivity index (χ1) is 7.56. The third kappa shape index (κ3) is 1.51. The molecular weight excluding hydrogens is 204 g/mol. The van der Waals surface area contributed by atoms with E-state index < -0.39 is 0 Å². The second kappa shape index (κ2) is 3.90. The van der Waals surface area contributed by atoms with Crippen LogP contribution in [0.2, 0.25) is 0 Å². The highest BCUT2D eigenvalue weighted by molar-refractivity contribution is 5.80. The van der Waals surface area contributed by atoms with Crippen LogP contribution in [0, 0.1) is 6.92 Å². The Morgan fingerprint density at radius 2 is 2.31 bits per heavy atom. The Kier molecular flexibility index (Phi) is 2.71. The van der Waals surface area contributed by atoms with Crippen LogP contribution >= 0.6 is 0 Å². The van der Waals surface area contributed by atoms with Gasteiger partial charge < -0.3 is 10.6 Å². The summed E-state index contributed by atoms with van der Waals surface area (Å²) in [5.41, 5.74) is 8.21. The van der Waals surface area contributed by atoms with Crippen LogP contribution in [0.1, 0.15) is 30.6 Å². The van der Waals surface area contributed by atoms with Crippen molar-refractivity contribution in [3.63, 3.8) is 0 Å². The summed E-state index contributed by atoms with van der Waals surface area (Å²) in [6.45, 7) is 4.68. The summed E-state index contributed by atoms with van der Waals surface area (Å²) in [5.74, 6) is 0.139. The molecule has 2 heterocycles. The van der Waals surface area contributed by atoms with Crippen molar-refractivity contribution in [2.75, 3.05) is 6.54 Å². The Hall–Kier alpha value is -1.36. The van der Waals surface area contributed by atoms with Crippen LogP contribution < -0.4 is 5.73 Å². The second-order valence-corrected chi connectivity index (χ2v) is 4.33. The molecular formula is C11H18N4O. The summed E-state index contributed by atoms with van der Waals surface area (Å²) >= 11 is 0. The first-order valence-corrected chi connectivity index (χ1v) is 5.59. The fourth-order valence-corrected chi connectivity index (χ4v) is 2.52. The minimum Gasteiger partial charge on any atom is -0.333 e. The van der Waals surface area contributed by atoms with Crippen molar-refractivity contribution in [3.8, 4) is 0 Å². The number of aromatic nitrogens is 2. The number of likely N-dealkylation sites (tertiary alicyclic amines) is 1. The van der Waals surface area contributed by atoms with Gasteiger partial charge in [0, 0.05) is 26.1 Å². The highest BCUT2D eigenvalue weighted by Crippen LogP contribution is 2.32. The van der Waals surface area contributed by atoms with Gasteiger partial charge in [0.15, 0.2) is 0 Å². The zero-order chi connectivity index (χ0) is 11.9. The fourth-order valence-electron chi connectivity index (χ4n) is 2.52. The van der Waals surface area contributed by atoms with E-state index in [1.54, 1.807) is 0 Å². The van der Waals surface area contributed by atoms with E-state index in [2.05, 4.69) is 5.10 Å². The van der Waals surface area contributed by atoms with Crippen molar-refractivity contribution in [3.05, 3.63) is 17.5 Å². The Morgan fingerprint density at radius 3 is 2.81 bits per heavy atom. The number of hydrogen-bond acceptors (Lipinski definition) is 3. The van der Waals surface area contributed by atoms with Crippen LogP contribution in [-0.4, -0.2) is 33.2 Å². The molecule has 1 aromatic heterocycles. The maximum Gasteiger partial charge on any atom is 0.224 e. The van der Waals surface area contributed by atoms with E-state index in [1.807, 2.05) is 36.7 Å². The van der Waals surface area contributed by atoms with E-state index in [1.165, 1.54) is 0 Å². The number of carbonyl (C=O) groups excluding carboxylic acids is 1. The van der Waals surface area contributed by atoms with Crippen LogP contribution in [0.5, 0.6) is 0 Å². The summed E-state index contributed by atoms with van der Waals surface area (Å²) in [6, 6.07) is -0.147. The highest BCUT2D eigenvalue weighted by atomic mass is 16.2. The van der Waals surface area contributed by atoms with Crippen LogP contribution in [0.15, 0.2) is 6.20 Å². The predicted octanol–water partition coefficient (Wildman–Crippen LogP) is 0.349. The molecule has 1 aliphatic heterocycles. The molecule has 0 unspecified atom stereocenters. The zero-order valence-electron chi connectivity index (χ0n) is 9.97. The number of aryl methyl sites for hydroxylation is 2. The highest BCUT2D eigenvalue weighted by Gasteiger charge is 2.39. The molecule has 5 heteroatoms. The Balaban J connectivity index is 2.43. The minimum absolute atomic E-state index is 0.0231. The van der Waals surface area contributed by atoms with Crippen molar-refractivity contribution in [2.45, 2.75) is 32.4 Å². The summed E-state index contributed by atoms with van der Waals surface area (Å²) in [6.07, 6.45) is 2.25. The number of carbonyl (C=O) groups is 1. The van der Waals surface area contributed by atoms with E-state index in [0.717, 1.165) is 11.3 Å². The third-order valence-electron chi connectivity index (χ3n) is 3.27.